The zero-order valence-corrected chi connectivity index (χ0v) is 9.19. The number of hydrogen-bond acceptors (Lipinski definition) is 2. The summed E-state index contributed by atoms with van der Waals surface area (Å²) in [6, 6.07) is 10.4. The van der Waals surface area contributed by atoms with Gasteiger partial charge < -0.3 is 10.1 Å². The van der Waals surface area contributed by atoms with Gasteiger partial charge in [0.05, 0.1) is 7.11 Å². The second-order valence-electron chi connectivity index (χ2n) is 3.56. The lowest BCUT2D eigenvalue weighted by molar-refractivity contribution is 0.167. The van der Waals surface area contributed by atoms with Crippen molar-refractivity contribution in [3.8, 4) is 0 Å². The van der Waals surface area contributed by atoms with Gasteiger partial charge in [-0.1, -0.05) is 30.3 Å². The van der Waals surface area contributed by atoms with E-state index in [2.05, 4.69) is 22.2 Å². The number of nitrogens with one attached hydrogen (secondary N) is 1. The van der Waals surface area contributed by atoms with Gasteiger partial charge in [-0.25, -0.2) is 4.79 Å². The molecule has 0 aliphatic carbocycles. The highest BCUT2D eigenvalue weighted by Gasteiger charge is 2.06. The Hall–Kier alpha value is -1.51. The van der Waals surface area contributed by atoms with E-state index in [1.54, 1.807) is 0 Å². The van der Waals surface area contributed by atoms with Crippen molar-refractivity contribution in [2.24, 2.45) is 0 Å². The van der Waals surface area contributed by atoms with Crippen molar-refractivity contribution >= 4 is 6.09 Å². The van der Waals surface area contributed by atoms with Gasteiger partial charge in [-0.3, -0.25) is 0 Å². The summed E-state index contributed by atoms with van der Waals surface area (Å²) in [5, 5.41) is 2.74. The van der Waals surface area contributed by atoms with E-state index in [1.165, 1.54) is 12.7 Å². The van der Waals surface area contributed by atoms with Crippen LogP contribution in [-0.4, -0.2) is 19.2 Å². The van der Waals surface area contributed by atoms with Crippen LogP contribution in [0.3, 0.4) is 0 Å². The van der Waals surface area contributed by atoms with Crippen LogP contribution in [0.1, 0.15) is 18.9 Å². The molecule has 0 saturated heterocycles. The lowest BCUT2D eigenvalue weighted by atomic mass is 10.1. The van der Waals surface area contributed by atoms with Crippen LogP contribution in [0.15, 0.2) is 30.3 Å². The minimum atomic E-state index is -0.365. The van der Waals surface area contributed by atoms with Crippen LogP contribution >= 0.6 is 0 Å². The average molecular weight is 207 g/mol. The molecule has 0 spiro atoms. The van der Waals surface area contributed by atoms with Crippen LogP contribution in [0.4, 0.5) is 4.79 Å². The summed E-state index contributed by atoms with van der Waals surface area (Å²) in [6.07, 6.45) is 1.51. The molecule has 1 unspecified atom stereocenters. The Kier molecular flexibility index (Phi) is 4.68. The van der Waals surface area contributed by atoms with Crippen LogP contribution < -0.4 is 5.32 Å². The molecule has 15 heavy (non-hydrogen) atoms. The summed E-state index contributed by atoms with van der Waals surface area (Å²) in [5.41, 5.74) is 1.29. The topological polar surface area (TPSA) is 38.3 Å². The molecule has 0 aromatic heterocycles. The van der Waals surface area contributed by atoms with Gasteiger partial charge in [0.15, 0.2) is 0 Å². The molecule has 0 radical (unpaired) electrons. The van der Waals surface area contributed by atoms with Gasteiger partial charge in [-0.15, -0.1) is 0 Å². The van der Waals surface area contributed by atoms with E-state index in [0.717, 1.165) is 12.8 Å². The Labute approximate surface area is 90.4 Å². The van der Waals surface area contributed by atoms with Gasteiger partial charge in [0.1, 0.15) is 0 Å². The predicted molar refractivity (Wildman–Crippen MR) is 59.8 cm³/mol. The quantitative estimate of drug-likeness (QED) is 0.823. The Morgan fingerprint density at radius 3 is 2.67 bits per heavy atom. The first-order valence-electron chi connectivity index (χ1n) is 5.11. The zero-order valence-electron chi connectivity index (χ0n) is 9.19. The molecule has 0 aliphatic heterocycles. The lowest BCUT2D eigenvalue weighted by Crippen LogP contribution is -2.32. The van der Waals surface area contributed by atoms with Gasteiger partial charge in [-0.2, -0.15) is 0 Å². The fourth-order valence-electron chi connectivity index (χ4n) is 1.36. The van der Waals surface area contributed by atoms with E-state index in [1.807, 2.05) is 25.1 Å². The molecule has 1 amide bonds. The highest BCUT2D eigenvalue weighted by molar-refractivity contribution is 5.67. The van der Waals surface area contributed by atoms with Gasteiger partial charge in [0.25, 0.3) is 0 Å². The first kappa shape index (κ1) is 11.6. The monoisotopic (exact) mass is 207 g/mol. The molecule has 1 rings (SSSR count). The third kappa shape index (κ3) is 4.49. The summed E-state index contributed by atoms with van der Waals surface area (Å²) in [5.74, 6) is 0. The largest absolute Gasteiger partial charge is 0.453 e. The molecular formula is C12H17NO2. The number of methoxy groups -OCH3 is 1. The molecule has 1 aromatic carbocycles. The molecule has 0 heterocycles. The summed E-state index contributed by atoms with van der Waals surface area (Å²) in [6.45, 7) is 1.97. The van der Waals surface area contributed by atoms with Crippen molar-refractivity contribution < 1.29 is 9.53 Å². The van der Waals surface area contributed by atoms with Gasteiger partial charge in [0.2, 0.25) is 0 Å². The number of carbonyl (C=O) groups excluding carboxylic acids is 1. The van der Waals surface area contributed by atoms with E-state index in [9.17, 15) is 4.79 Å². The van der Waals surface area contributed by atoms with Crippen molar-refractivity contribution in [3.63, 3.8) is 0 Å². The molecule has 1 aromatic rings. The minimum Gasteiger partial charge on any atom is -0.453 e. The summed E-state index contributed by atoms with van der Waals surface area (Å²) in [7, 11) is 1.37. The second-order valence-corrected chi connectivity index (χ2v) is 3.56. The first-order valence-corrected chi connectivity index (χ1v) is 5.11. The van der Waals surface area contributed by atoms with Crippen molar-refractivity contribution in [3.05, 3.63) is 35.9 Å². The smallest absolute Gasteiger partial charge is 0.407 e. The molecule has 0 aliphatic rings. The third-order valence-corrected chi connectivity index (χ3v) is 2.26. The number of hydrogen-bond donors (Lipinski definition) is 1. The van der Waals surface area contributed by atoms with E-state index in [0.29, 0.717) is 0 Å². The third-order valence-electron chi connectivity index (χ3n) is 2.26. The van der Waals surface area contributed by atoms with E-state index >= 15 is 0 Å². The maximum Gasteiger partial charge on any atom is 0.407 e. The maximum absolute atomic E-state index is 10.9. The Morgan fingerprint density at radius 2 is 2.07 bits per heavy atom. The van der Waals surface area contributed by atoms with E-state index < -0.39 is 0 Å². The van der Waals surface area contributed by atoms with Crippen molar-refractivity contribution in [2.45, 2.75) is 25.8 Å². The standard InChI is InChI=1S/C12H17NO2/c1-10(13-12(14)15-2)8-9-11-6-4-3-5-7-11/h3-7,10H,8-9H2,1-2H3,(H,13,14). The summed E-state index contributed by atoms with van der Waals surface area (Å²) >= 11 is 0. The minimum absolute atomic E-state index is 0.137. The van der Waals surface area contributed by atoms with Crippen molar-refractivity contribution in [1.82, 2.24) is 5.32 Å². The highest BCUT2D eigenvalue weighted by Crippen LogP contribution is 2.04. The number of amides is 1. The number of alkyl carbamates (subject to hydrolysis) is 1. The molecule has 3 nitrogen and oxygen atoms in total. The number of carbonyl (C=O) groups is 1. The van der Waals surface area contributed by atoms with Crippen molar-refractivity contribution in [2.75, 3.05) is 7.11 Å². The second kappa shape index (κ2) is 6.06. The first-order chi connectivity index (χ1) is 7.22. The summed E-state index contributed by atoms with van der Waals surface area (Å²) in [4.78, 5) is 10.9. The fourth-order valence-corrected chi connectivity index (χ4v) is 1.36. The Morgan fingerprint density at radius 1 is 1.40 bits per heavy atom. The van der Waals surface area contributed by atoms with Crippen LogP contribution in [0.25, 0.3) is 0 Å². The molecule has 1 atom stereocenters. The van der Waals surface area contributed by atoms with Gasteiger partial charge >= 0.3 is 6.09 Å². The fraction of sp³-hybridized carbons (Fsp3) is 0.417. The van der Waals surface area contributed by atoms with Crippen LogP contribution in [-0.2, 0) is 11.2 Å². The highest BCUT2D eigenvalue weighted by atomic mass is 16.5. The van der Waals surface area contributed by atoms with E-state index in [-0.39, 0.29) is 12.1 Å². The molecule has 0 bridgehead atoms. The predicted octanol–water partition coefficient (Wildman–Crippen LogP) is 2.36. The van der Waals surface area contributed by atoms with Crippen molar-refractivity contribution in [1.29, 1.82) is 0 Å². The van der Waals surface area contributed by atoms with E-state index in [4.69, 9.17) is 0 Å². The normalized spacial score (nSPS) is 11.9. The summed E-state index contributed by atoms with van der Waals surface area (Å²) < 4.78 is 4.52. The van der Waals surface area contributed by atoms with Crippen LogP contribution in [0, 0.1) is 0 Å². The number of benzene rings is 1. The SMILES string of the molecule is COC(=O)NC(C)CCc1ccccc1. The molecule has 3 heteroatoms. The molecular weight excluding hydrogens is 190 g/mol. The average Bonchev–Trinajstić information content (AvgIpc) is 2.27. The molecule has 0 fully saturated rings. The lowest BCUT2D eigenvalue weighted by Gasteiger charge is -2.12. The van der Waals surface area contributed by atoms with Crippen LogP contribution in [0.5, 0.6) is 0 Å². The molecule has 1 N–H and O–H groups in total. The van der Waals surface area contributed by atoms with Crippen LogP contribution in [0.2, 0.25) is 0 Å². The molecule has 82 valence electrons. The van der Waals surface area contributed by atoms with Gasteiger partial charge in [0, 0.05) is 6.04 Å². The number of ether oxygens (including phenoxy) is 1. The number of rotatable bonds is 4. The Balaban J connectivity index is 2.28. The molecule has 0 saturated carbocycles. The Bertz CT molecular complexity index is 298. The van der Waals surface area contributed by atoms with Gasteiger partial charge in [-0.05, 0) is 25.3 Å². The number of aryl methyl sites for hydroxylation is 1. The zero-order chi connectivity index (χ0) is 11.1. The maximum atomic E-state index is 10.9.